The van der Waals surface area contributed by atoms with Crippen molar-refractivity contribution >= 4 is 6.21 Å². The summed E-state index contributed by atoms with van der Waals surface area (Å²) in [5.41, 5.74) is 1.48. The third-order valence-electron chi connectivity index (χ3n) is 3.62. The van der Waals surface area contributed by atoms with Crippen LogP contribution in [0.1, 0.15) is 39.0 Å². The molecule has 2 rings (SSSR count). The molecule has 3 nitrogen and oxygen atoms in total. The molecule has 1 fully saturated rings. The number of hydrogen-bond acceptors (Lipinski definition) is 3. The van der Waals surface area contributed by atoms with Gasteiger partial charge in [-0.05, 0) is 57.3 Å². The van der Waals surface area contributed by atoms with E-state index in [1.807, 2.05) is 6.21 Å². The smallest absolute Gasteiger partial charge is 0.124 e. The highest BCUT2D eigenvalue weighted by Gasteiger charge is 2.13. The van der Waals surface area contributed by atoms with E-state index in [1.54, 1.807) is 0 Å². The Morgan fingerprint density at radius 2 is 2.11 bits per heavy atom. The van der Waals surface area contributed by atoms with Crippen LogP contribution in [-0.2, 0) is 0 Å². The topological polar surface area (TPSA) is 27.6 Å². The van der Waals surface area contributed by atoms with Crippen molar-refractivity contribution in [2.24, 2.45) is 4.99 Å². The Morgan fingerprint density at radius 1 is 1.28 bits per heavy atom. The van der Waals surface area contributed by atoms with Crippen LogP contribution >= 0.6 is 0 Å². The predicted molar refractivity (Wildman–Crippen MR) is 77.9 cm³/mol. The van der Waals surface area contributed by atoms with Crippen molar-refractivity contribution in [1.82, 2.24) is 10.2 Å². The van der Waals surface area contributed by atoms with Crippen molar-refractivity contribution in [3.05, 3.63) is 23.5 Å². The van der Waals surface area contributed by atoms with Gasteiger partial charge >= 0.3 is 0 Å². The van der Waals surface area contributed by atoms with Gasteiger partial charge in [0.2, 0.25) is 0 Å². The van der Waals surface area contributed by atoms with Gasteiger partial charge in [0.05, 0.1) is 0 Å². The van der Waals surface area contributed by atoms with E-state index in [4.69, 9.17) is 0 Å². The van der Waals surface area contributed by atoms with Crippen LogP contribution in [0.2, 0.25) is 0 Å². The fourth-order valence-corrected chi connectivity index (χ4v) is 2.51. The summed E-state index contributed by atoms with van der Waals surface area (Å²) in [6.45, 7) is 6.63. The molecule has 0 amide bonds. The van der Waals surface area contributed by atoms with E-state index < -0.39 is 0 Å². The highest BCUT2D eigenvalue weighted by Crippen LogP contribution is 2.19. The number of nitrogens with one attached hydrogen (secondary N) is 1. The Hall–Kier alpha value is -1.09. The molecule has 100 valence electrons. The maximum absolute atomic E-state index is 4.59. The average molecular weight is 247 g/mol. The molecule has 0 aromatic rings. The summed E-state index contributed by atoms with van der Waals surface area (Å²) in [5, 5.41) is 3.37. The van der Waals surface area contributed by atoms with Gasteiger partial charge in [-0.3, -0.25) is 0 Å². The predicted octanol–water partition coefficient (Wildman–Crippen LogP) is 2.71. The van der Waals surface area contributed by atoms with Crippen molar-refractivity contribution in [3.63, 3.8) is 0 Å². The molecule has 1 saturated heterocycles. The monoisotopic (exact) mass is 247 g/mol. The normalized spacial score (nSPS) is 20.4. The molecule has 0 aromatic heterocycles. The first-order chi connectivity index (χ1) is 8.90. The summed E-state index contributed by atoms with van der Waals surface area (Å²) in [4.78, 5) is 7.02. The lowest BCUT2D eigenvalue weighted by Crippen LogP contribution is -2.28. The molecule has 2 heterocycles. The molecule has 2 aliphatic rings. The van der Waals surface area contributed by atoms with Crippen molar-refractivity contribution < 1.29 is 0 Å². The van der Waals surface area contributed by atoms with Gasteiger partial charge in [0.15, 0.2) is 0 Å². The fraction of sp³-hybridized carbons (Fsp3) is 0.667. The molecular formula is C15H25N3. The number of nitrogens with zero attached hydrogens (tertiary/aromatic N) is 2. The molecule has 0 saturated carbocycles. The SMILES string of the molecule is CCNCCC1=CC=NC(N2CCCCC2)=CC1. The van der Waals surface area contributed by atoms with Crippen molar-refractivity contribution in [2.45, 2.75) is 39.0 Å². The van der Waals surface area contributed by atoms with Crippen LogP contribution in [0.5, 0.6) is 0 Å². The average Bonchev–Trinajstić information content (AvgIpc) is 2.66. The van der Waals surface area contributed by atoms with E-state index in [-0.39, 0.29) is 0 Å². The van der Waals surface area contributed by atoms with Crippen LogP contribution in [0.4, 0.5) is 0 Å². The van der Waals surface area contributed by atoms with E-state index in [9.17, 15) is 0 Å². The second-order valence-electron chi connectivity index (χ2n) is 5.02. The molecule has 0 aromatic carbocycles. The Kier molecular flexibility index (Phi) is 5.46. The number of piperidine rings is 1. The van der Waals surface area contributed by atoms with Gasteiger partial charge in [-0.1, -0.05) is 12.5 Å². The molecule has 0 spiro atoms. The Bertz CT molecular complexity index is 336. The van der Waals surface area contributed by atoms with Crippen molar-refractivity contribution in [1.29, 1.82) is 0 Å². The highest BCUT2D eigenvalue weighted by molar-refractivity contribution is 5.73. The summed E-state index contributed by atoms with van der Waals surface area (Å²) in [6, 6.07) is 0. The zero-order chi connectivity index (χ0) is 12.6. The molecular weight excluding hydrogens is 222 g/mol. The molecule has 0 radical (unpaired) electrons. The minimum atomic E-state index is 1.05. The Balaban J connectivity index is 1.85. The fourth-order valence-electron chi connectivity index (χ4n) is 2.51. The van der Waals surface area contributed by atoms with E-state index in [1.165, 1.54) is 43.7 Å². The molecule has 18 heavy (non-hydrogen) atoms. The van der Waals surface area contributed by atoms with Crippen LogP contribution in [0.3, 0.4) is 0 Å². The molecule has 2 aliphatic heterocycles. The van der Waals surface area contributed by atoms with Gasteiger partial charge in [0, 0.05) is 19.3 Å². The third kappa shape index (κ3) is 3.98. The molecule has 0 aliphatic carbocycles. The van der Waals surface area contributed by atoms with E-state index in [0.29, 0.717) is 0 Å². The quantitative estimate of drug-likeness (QED) is 0.756. The summed E-state index contributed by atoms with van der Waals surface area (Å²) in [5.74, 6) is 1.18. The van der Waals surface area contributed by atoms with Gasteiger partial charge < -0.3 is 10.2 Å². The second-order valence-corrected chi connectivity index (χ2v) is 5.02. The molecule has 0 unspecified atom stereocenters. The zero-order valence-corrected chi connectivity index (χ0v) is 11.5. The Morgan fingerprint density at radius 3 is 2.89 bits per heavy atom. The van der Waals surface area contributed by atoms with Crippen molar-refractivity contribution in [2.75, 3.05) is 26.2 Å². The van der Waals surface area contributed by atoms with Gasteiger partial charge in [0.25, 0.3) is 0 Å². The first-order valence-electron chi connectivity index (χ1n) is 7.28. The molecule has 0 bridgehead atoms. The van der Waals surface area contributed by atoms with Gasteiger partial charge in [0.1, 0.15) is 5.82 Å². The first-order valence-corrected chi connectivity index (χ1v) is 7.28. The van der Waals surface area contributed by atoms with Gasteiger partial charge in [-0.15, -0.1) is 0 Å². The van der Waals surface area contributed by atoms with Crippen molar-refractivity contribution in [3.8, 4) is 0 Å². The third-order valence-corrected chi connectivity index (χ3v) is 3.62. The van der Waals surface area contributed by atoms with Crippen LogP contribution in [0, 0.1) is 0 Å². The summed E-state index contributed by atoms with van der Waals surface area (Å²) in [7, 11) is 0. The standard InChI is InChI=1S/C15H25N3/c1-2-16-10-8-14-6-7-15(17-11-9-14)18-12-4-3-5-13-18/h7,9,11,16H,2-6,8,10,12-13H2,1H3. The van der Waals surface area contributed by atoms with Gasteiger partial charge in [-0.25, -0.2) is 4.99 Å². The number of rotatable bonds is 5. The number of likely N-dealkylation sites (tertiary alicyclic amines) is 1. The number of aliphatic imine (C=N–C) groups is 1. The summed E-state index contributed by atoms with van der Waals surface area (Å²) < 4.78 is 0. The molecule has 1 N–H and O–H groups in total. The van der Waals surface area contributed by atoms with Crippen LogP contribution in [0.25, 0.3) is 0 Å². The van der Waals surface area contributed by atoms with E-state index in [2.05, 4.69) is 34.3 Å². The maximum atomic E-state index is 4.59. The lowest BCUT2D eigenvalue weighted by Gasteiger charge is -2.28. The zero-order valence-electron chi connectivity index (χ0n) is 11.5. The van der Waals surface area contributed by atoms with Crippen LogP contribution in [-0.4, -0.2) is 37.3 Å². The maximum Gasteiger partial charge on any atom is 0.124 e. The molecule has 3 heteroatoms. The number of hydrogen-bond donors (Lipinski definition) is 1. The van der Waals surface area contributed by atoms with E-state index >= 15 is 0 Å². The lowest BCUT2D eigenvalue weighted by atomic mass is 10.1. The highest BCUT2D eigenvalue weighted by atomic mass is 15.2. The lowest BCUT2D eigenvalue weighted by molar-refractivity contribution is 0.282. The van der Waals surface area contributed by atoms with Crippen LogP contribution < -0.4 is 5.32 Å². The first kappa shape index (κ1) is 13.3. The van der Waals surface area contributed by atoms with Gasteiger partial charge in [-0.2, -0.15) is 0 Å². The molecule has 0 atom stereocenters. The Labute approximate surface area is 111 Å². The summed E-state index contributed by atoms with van der Waals surface area (Å²) in [6.07, 6.45) is 12.6. The largest absolute Gasteiger partial charge is 0.357 e. The van der Waals surface area contributed by atoms with E-state index in [0.717, 1.165) is 25.9 Å². The minimum absolute atomic E-state index is 1.05. The second kappa shape index (κ2) is 7.37. The number of allylic oxidation sites excluding steroid dienone is 2. The summed E-state index contributed by atoms with van der Waals surface area (Å²) >= 11 is 0. The van der Waals surface area contributed by atoms with Crippen LogP contribution in [0.15, 0.2) is 28.5 Å². The minimum Gasteiger partial charge on any atom is -0.357 e.